The van der Waals surface area contributed by atoms with Gasteiger partial charge in [0.15, 0.2) is 0 Å². The van der Waals surface area contributed by atoms with Crippen LogP contribution in [0.1, 0.15) is 6.42 Å². The maximum atomic E-state index is 13.3. The average Bonchev–Trinajstić information content (AvgIpc) is 2.95. The Morgan fingerprint density at radius 1 is 1.17 bits per heavy atom. The summed E-state index contributed by atoms with van der Waals surface area (Å²) in [5.41, 5.74) is 5.04. The van der Waals surface area contributed by atoms with E-state index in [1.807, 2.05) is 0 Å². The molecule has 1 atom stereocenters. The SMILES string of the molecule is O=C(NNc1ncccn1)C1CC(=O)N(c2cc(F)cc(F)c2)C1. The summed E-state index contributed by atoms with van der Waals surface area (Å²) in [6.45, 7) is 0.0326. The number of nitrogens with zero attached hydrogens (tertiary/aromatic N) is 3. The van der Waals surface area contributed by atoms with Gasteiger partial charge in [0.25, 0.3) is 0 Å². The van der Waals surface area contributed by atoms with Gasteiger partial charge in [0, 0.05) is 37.1 Å². The van der Waals surface area contributed by atoms with E-state index < -0.39 is 23.5 Å². The number of hydrogen-bond donors (Lipinski definition) is 2. The van der Waals surface area contributed by atoms with Crippen molar-refractivity contribution >= 4 is 23.5 Å². The van der Waals surface area contributed by atoms with E-state index in [4.69, 9.17) is 0 Å². The van der Waals surface area contributed by atoms with E-state index in [0.29, 0.717) is 0 Å². The van der Waals surface area contributed by atoms with Crippen LogP contribution in [-0.2, 0) is 9.59 Å². The third-order valence-corrected chi connectivity index (χ3v) is 3.52. The van der Waals surface area contributed by atoms with Crippen molar-refractivity contribution in [2.75, 3.05) is 16.9 Å². The van der Waals surface area contributed by atoms with Crippen LogP contribution in [-0.4, -0.2) is 28.3 Å². The molecule has 0 spiro atoms. The lowest BCUT2D eigenvalue weighted by Gasteiger charge is -2.17. The van der Waals surface area contributed by atoms with E-state index in [1.54, 1.807) is 6.07 Å². The number of halogens is 2. The Balaban J connectivity index is 1.64. The van der Waals surface area contributed by atoms with Crippen LogP contribution in [0.5, 0.6) is 0 Å². The molecule has 0 aliphatic carbocycles. The number of hydrazine groups is 1. The lowest BCUT2D eigenvalue weighted by Crippen LogP contribution is -2.37. The first-order chi connectivity index (χ1) is 11.5. The Morgan fingerprint density at radius 2 is 1.83 bits per heavy atom. The van der Waals surface area contributed by atoms with E-state index in [2.05, 4.69) is 20.8 Å². The summed E-state index contributed by atoms with van der Waals surface area (Å²) in [7, 11) is 0. The van der Waals surface area contributed by atoms with Gasteiger partial charge in [-0.15, -0.1) is 0 Å². The van der Waals surface area contributed by atoms with Crippen LogP contribution in [0.25, 0.3) is 0 Å². The first-order valence-electron chi connectivity index (χ1n) is 7.12. The molecule has 0 radical (unpaired) electrons. The number of rotatable bonds is 4. The first kappa shape index (κ1) is 15.8. The molecule has 9 heteroatoms. The van der Waals surface area contributed by atoms with Crippen LogP contribution in [0.4, 0.5) is 20.4 Å². The fraction of sp³-hybridized carbons (Fsp3) is 0.200. The second-order valence-electron chi connectivity index (χ2n) is 5.22. The summed E-state index contributed by atoms with van der Waals surface area (Å²) < 4.78 is 26.6. The smallest absolute Gasteiger partial charge is 0.243 e. The highest BCUT2D eigenvalue weighted by Gasteiger charge is 2.35. The van der Waals surface area contributed by atoms with Gasteiger partial charge < -0.3 is 4.90 Å². The van der Waals surface area contributed by atoms with Crippen molar-refractivity contribution in [1.82, 2.24) is 15.4 Å². The van der Waals surface area contributed by atoms with Crippen molar-refractivity contribution < 1.29 is 18.4 Å². The molecule has 2 amide bonds. The Bertz CT molecular complexity index is 751. The van der Waals surface area contributed by atoms with E-state index >= 15 is 0 Å². The molecule has 1 saturated heterocycles. The van der Waals surface area contributed by atoms with E-state index in [9.17, 15) is 18.4 Å². The van der Waals surface area contributed by atoms with Gasteiger partial charge in [0.05, 0.1) is 5.92 Å². The standard InChI is InChI=1S/C15H13F2N5O2/c16-10-5-11(17)7-12(6-10)22-8-9(4-13(22)23)14(24)20-21-15-18-2-1-3-19-15/h1-3,5-7,9H,4,8H2,(H,20,24)(H,18,19,21). The number of anilines is 2. The minimum absolute atomic E-state index is 0.0326. The first-order valence-corrected chi connectivity index (χ1v) is 7.12. The van der Waals surface area contributed by atoms with Crippen LogP contribution in [0.2, 0.25) is 0 Å². The predicted molar refractivity (Wildman–Crippen MR) is 80.6 cm³/mol. The van der Waals surface area contributed by atoms with Crippen molar-refractivity contribution in [2.45, 2.75) is 6.42 Å². The van der Waals surface area contributed by atoms with Crippen molar-refractivity contribution in [2.24, 2.45) is 5.92 Å². The number of aromatic nitrogens is 2. The second kappa shape index (κ2) is 6.57. The maximum Gasteiger partial charge on any atom is 0.243 e. The molecule has 24 heavy (non-hydrogen) atoms. The molecule has 0 bridgehead atoms. The molecule has 1 aromatic heterocycles. The molecule has 3 rings (SSSR count). The van der Waals surface area contributed by atoms with Crippen molar-refractivity contribution in [3.8, 4) is 0 Å². The van der Waals surface area contributed by atoms with E-state index in [1.165, 1.54) is 17.3 Å². The van der Waals surface area contributed by atoms with Crippen LogP contribution >= 0.6 is 0 Å². The van der Waals surface area contributed by atoms with Gasteiger partial charge in [0.1, 0.15) is 11.6 Å². The largest absolute Gasteiger partial charge is 0.311 e. The molecule has 1 fully saturated rings. The number of amides is 2. The predicted octanol–water partition coefficient (Wildman–Crippen LogP) is 1.25. The quantitative estimate of drug-likeness (QED) is 0.823. The number of carbonyl (C=O) groups is 2. The summed E-state index contributed by atoms with van der Waals surface area (Å²) >= 11 is 0. The molecule has 2 heterocycles. The van der Waals surface area contributed by atoms with Gasteiger partial charge in [-0.05, 0) is 18.2 Å². The molecular formula is C15H13F2N5O2. The topological polar surface area (TPSA) is 87.2 Å². The summed E-state index contributed by atoms with van der Waals surface area (Å²) in [4.78, 5) is 33.1. The molecule has 0 saturated carbocycles. The Hall–Kier alpha value is -3.10. The molecule has 7 nitrogen and oxygen atoms in total. The molecule has 2 N–H and O–H groups in total. The third-order valence-electron chi connectivity index (χ3n) is 3.52. The monoisotopic (exact) mass is 333 g/mol. The number of benzene rings is 1. The van der Waals surface area contributed by atoms with Crippen LogP contribution in [0, 0.1) is 17.6 Å². The molecule has 1 aromatic carbocycles. The van der Waals surface area contributed by atoms with E-state index in [-0.39, 0.29) is 30.5 Å². The molecule has 1 aliphatic heterocycles. The highest BCUT2D eigenvalue weighted by Crippen LogP contribution is 2.26. The summed E-state index contributed by atoms with van der Waals surface area (Å²) in [5, 5.41) is 0. The third kappa shape index (κ3) is 3.45. The highest BCUT2D eigenvalue weighted by atomic mass is 19.1. The van der Waals surface area contributed by atoms with Gasteiger partial charge in [-0.25, -0.2) is 18.7 Å². The highest BCUT2D eigenvalue weighted by molar-refractivity contribution is 6.00. The van der Waals surface area contributed by atoms with Crippen molar-refractivity contribution in [3.63, 3.8) is 0 Å². The van der Waals surface area contributed by atoms with Gasteiger partial charge in [0.2, 0.25) is 17.8 Å². The number of hydrogen-bond acceptors (Lipinski definition) is 5. The fourth-order valence-corrected chi connectivity index (χ4v) is 2.41. The second-order valence-corrected chi connectivity index (χ2v) is 5.22. The summed E-state index contributed by atoms with van der Waals surface area (Å²) in [5.74, 6) is -2.83. The van der Waals surface area contributed by atoms with Crippen molar-refractivity contribution in [1.29, 1.82) is 0 Å². The van der Waals surface area contributed by atoms with Gasteiger partial charge in [-0.2, -0.15) is 0 Å². The maximum absolute atomic E-state index is 13.3. The van der Waals surface area contributed by atoms with Crippen LogP contribution < -0.4 is 15.8 Å². The molecule has 1 aliphatic rings. The van der Waals surface area contributed by atoms with Gasteiger partial charge >= 0.3 is 0 Å². The van der Waals surface area contributed by atoms with Gasteiger partial charge in [-0.3, -0.25) is 20.4 Å². The normalized spacial score (nSPS) is 17.0. The van der Waals surface area contributed by atoms with Crippen LogP contribution in [0.3, 0.4) is 0 Å². The van der Waals surface area contributed by atoms with Crippen molar-refractivity contribution in [3.05, 3.63) is 48.3 Å². The molecule has 2 aromatic rings. The Morgan fingerprint density at radius 3 is 2.50 bits per heavy atom. The fourth-order valence-electron chi connectivity index (χ4n) is 2.41. The molecule has 124 valence electrons. The zero-order chi connectivity index (χ0) is 17.1. The minimum Gasteiger partial charge on any atom is -0.311 e. The molecular weight excluding hydrogens is 320 g/mol. The minimum atomic E-state index is -0.784. The average molecular weight is 333 g/mol. The summed E-state index contributed by atoms with van der Waals surface area (Å²) in [6, 6.07) is 4.45. The summed E-state index contributed by atoms with van der Waals surface area (Å²) in [6.07, 6.45) is 2.95. The Kier molecular flexibility index (Phi) is 4.32. The zero-order valence-corrected chi connectivity index (χ0v) is 12.4. The van der Waals surface area contributed by atoms with E-state index in [0.717, 1.165) is 18.2 Å². The number of carbonyl (C=O) groups excluding carboxylic acids is 2. The molecule has 1 unspecified atom stereocenters. The lowest BCUT2D eigenvalue weighted by molar-refractivity contribution is -0.125. The zero-order valence-electron chi connectivity index (χ0n) is 12.4. The van der Waals surface area contributed by atoms with Crippen LogP contribution in [0.15, 0.2) is 36.7 Å². The van der Waals surface area contributed by atoms with Gasteiger partial charge in [-0.1, -0.05) is 0 Å². The lowest BCUT2D eigenvalue weighted by atomic mass is 10.1. The number of nitrogens with one attached hydrogen (secondary N) is 2. The Labute approximate surface area is 135 Å².